The van der Waals surface area contributed by atoms with E-state index in [4.69, 9.17) is 0 Å². The van der Waals surface area contributed by atoms with E-state index in [9.17, 15) is 9.90 Å². The highest BCUT2D eigenvalue weighted by Gasteiger charge is 2.26. The van der Waals surface area contributed by atoms with Crippen molar-refractivity contribution in [2.45, 2.75) is 24.9 Å². The minimum absolute atomic E-state index is 0.140. The Balaban J connectivity index is 1.78. The summed E-state index contributed by atoms with van der Waals surface area (Å²) in [5, 5.41) is 15.2. The molecule has 3 heteroatoms. The summed E-state index contributed by atoms with van der Waals surface area (Å²) in [5.74, 6) is -0.140. The Morgan fingerprint density at radius 1 is 1.19 bits per heavy atom. The zero-order chi connectivity index (χ0) is 14.7. The summed E-state index contributed by atoms with van der Waals surface area (Å²) in [6.45, 7) is 0.256. The molecule has 1 aliphatic rings. The number of benzene rings is 2. The number of hydrogen-bond acceptors (Lipinski definition) is 2. The normalized spacial score (nSPS) is 21.4. The predicted octanol–water partition coefficient (Wildman–Crippen LogP) is 3.04. The number of aliphatic hydroxyl groups is 1. The van der Waals surface area contributed by atoms with Gasteiger partial charge in [-0.05, 0) is 36.1 Å². The van der Waals surface area contributed by atoms with Crippen molar-refractivity contribution in [1.29, 1.82) is 0 Å². The number of hydrogen-bond donors (Lipinski definition) is 2. The second kappa shape index (κ2) is 5.70. The third-order valence-electron chi connectivity index (χ3n) is 4.00. The molecule has 0 aliphatic heterocycles. The molecule has 0 bridgehead atoms. The Hall–Kier alpha value is -2.13. The van der Waals surface area contributed by atoms with Crippen molar-refractivity contribution in [2.75, 3.05) is 6.54 Å². The number of carbonyl (C=O) groups is 1. The van der Waals surface area contributed by atoms with Crippen molar-refractivity contribution in [3.63, 3.8) is 0 Å². The van der Waals surface area contributed by atoms with Gasteiger partial charge in [0.25, 0.3) is 5.91 Å². The van der Waals surface area contributed by atoms with E-state index in [1.165, 1.54) is 0 Å². The first kappa shape index (κ1) is 13.8. The maximum absolute atomic E-state index is 12.4. The summed E-state index contributed by atoms with van der Waals surface area (Å²) in [7, 11) is 0. The average Bonchev–Trinajstić information content (AvgIpc) is 2.53. The fraction of sp³-hybridized carbons (Fsp3) is 0.278. The molecule has 1 unspecified atom stereocenters. The monoisotopic (exact) mass is 281 g/mol. The standard InChI is InChI=1S/C18H19NO2/c20-17(19-13-18(21)11-4-1-5-12-18)16-10-6-8-14-7-2-3-9-15(14)16/h2-4,6-11,21H,1,5,12-13H2,(H,19,20). The second-order valence-electron chi connectivity index (χ2n) is 5.61. The maximum Gasteiger partial charge on any atom is 0.252 e. The molecule has 2 N–H and O–H groups in total. The van der Waals surface area contributed by atoms with E-state index >= 15 is 0 Å². The van der Waals surface area contributed by atoms with Gasteiger partial charge in [-0.25, -0.2) is 0 Å². The summed E-state index contributed by atoms with van der Waals surface area (Å²) in [4.78, 5) is 12.4. The largest absolute Gasteiger partial charge is 0.384 e. The van der Waals surface area contributed by atoms with Crippen LogP contribution in [0, 0.1) is 0 Å². The first-order valence-corrected chi connectivity index (χ1v) is 7.34. The molecule has 0 aromatic heterocycles. The van der Waals surface area contributed by atoms with Crippen LogP contribution in [0.4, 0.5) is 0 Å². The quantitative estimate of drug-likeness (QED) is 0.850. The SMILES string of the molecule is O=C(NCC1(O)C=CCCC1)c1cccc2ccccc12. The van der Waals surface area contributed by atoms with Crippen LogP contribution in [0.25, 0.3) is 10.8 Å². The molecule has 0 spiro atoms. The van der Waals surface area contributed by atoms with Crippen molar-refractivity contribution in [1.82, 2.24) is 5.32 Å². The third-order valence-corrected chi connectivity index (χ3v) is 4.00. The smallest absolute Gasteiger partial charge is 0.252 e. The Morgan fingerprint density at radius 2 is 2.00 bits per heavy atom. The molecule has 0 saturated heterocycles. The van der Waals surface area contributed by atoms with Crippen molar-refractivity contribution in [3.05, 3.63) is 60.2 Å². The summed E-state index contributed by atoms with van der Waals surface area (Å²) in [5.41, 5.74) is -0.255. The van der Waals surface area contributed by atoms with Crippen molar-refractivity contribution >= 4 is 16.7 Å². The minimum atomic E-state index is -0.904. The topological polar surface area (TPSA) is 49.3 Å². The molecule has 1 atom stereocenters. The Morgan fingerprint density at radius 3 is 2.81 bits per heavy atom. The highest BCUT2D eigenvalue weighted by atomic mass is 16.3. The predicted molar refractivity (Wildman–Crippen MR) is 84.2 cm³/mol. The molecule has 0 radical (unpaired) electrons. The van der Waals surface area contributed by atoms with E-state index in [1.807, 2.05) is 48.5 Å². The van der Waals surface area contributed by atoms with Crippen LogP contribution in [0.15, 0.2) is 54.6 Å². The van der Waals surface area contributed by atoms with Gasteiger partial charge in [-0.2, -0.15) is 0 Å². The molecule has 0 saturated carbocycles. The van der Waals surface area contributed by atoms with Gasteiger partial charge in [-0.1, -0.05) is 48.6 Å². The van der Waals surface area contributed by atoms with Crippen LogP contribution in [0.1, 0.15) is 29.6 Å². The molecule has 0 fully saturated rings. The van der Waals surface area contributed by atoms with Gasteiger partial charge in [0.2, 0.25) is 0 Å². The molecule has 21 heavy (non-hydrogen) atoms. The zero-order valence-corrected chi connectivity index (χ0v) is 11.9. The van der Waals surface area contributed by atoms with Crippen molar-refractivity contribution < 1.29 is 9.90 Å². The number of amides is 1. The number of rotatable bonds is 3. The van der Waals surface area contributed by atoms with E-state index in [0.717, 1.165) is 23.6 Å². The van der Waals surface area contributed by atoms with Crippen molar-refractivity contribution in [2.24, 2.45) is 0 Å². The molecular weight excluding hydrogens is 262 g/mol. The number of fused-ring (bicyclic) bond motifs is 1. The fourth-order valence-electron chi connectivity index (χ4n) is 2.81. The zero-order valence-electron chi connectivity index (χ0n) is 11.9. The average molecular weight is 281 g/mol. The lowest BCUT2D eigenvalue weighted by Gasteiger charge is -2.27. The van der Waals surface area contributed by atoms with Gasteiger partial charge in [-0.15, -0.1) is 0 Å². The van der Waals surface area contributed by atoms with E-state index in [2.05, 4.69) is 5.32 Å². The minimum Gasteiger partial charge on any atom is -0.384 e. The number of carbonyl (C=O) groups excluding carboxylic acids is 1. The highest BCUT2D eigenvalue weighted by Crippen LogP contribution is 2.22. The second-order valence-corrected chi connectivity index (χ2v) is 5.61. The first-order valence-electron chi connectivity index (χ1n) is 7.34. The van der Waals surface area contributed by atoms with Gasteiger partial charge in [0, 0.05) is 5.56 Å². The van der Waals surface area contributed by atoms with Crippen LogP contribution in [0.3, 0.4) is 0 Å². The van der Waals surface area contributed by atoms with Crippen LogP contribution in [-0.2, 0) is 0 Å². The third kappa shape index (κ3) is 2.98. The van der Waals surface area contributed by atoms with Gasteiger partial charge in [0.05, 0.1) is 12.1 Å². The van der Waals surface area contributed by atoms with Crippen LogP contribution in [0.5, 0.6) is 0 Å². The maximum atomic E-state index is 12.4. The molecule has 1 amide bonds. The Bertz CT molecular complexity index is 687. The molecule has 1 aliphatic carbocycles. The Labute approximate surface area is 124 Å². The Kier molecular flexibility index (Phi) is 3.76. The molecule has 3 nitrogen and oxygen atoms in total. The number of nitrogens with one attached hydrogen (secondary N) is 1. The molecular formula is C18H19NO2. The van der Waals surface area contributed by atoms with Gasteiger partial charge in [0.1, 0.15) is 0 Å². The molecule has 0 heterocycles. The number of allylic oxidation sites excluding steroid dienone is 1. The van der Waals surface area contributed by atoms with E-state index < -0.39 is 5.60 Å². The van der Waals surface area contributed by atoms with Crippen LogP contribution in [-0.4, -0.2) is 23.2 Å². The van der Waals surface area contributed by atoms with Gasteiger partial charge in [0.15, 0.2) is 0 Å². The molecule has 2 aromatic carbocycles. The van der Waals surface area contributed by atoms with Crippen LogP contribution < -0.4 is 5.32 Å². The van der Waals surface area contributed by atoms with Gasteiger partial charge < -0.3 is 10.4 Å². The summed E-state index contributed by atoms with van der Waals surface area (Å²) in [6.07, 6.45) is 6.43. The van der Waals surface area contributed by atoms with Crippen LogP contribution >= 0.6 is 0 Å². The van der Waals surface area contributed by atoms with Crippen molar-refractivity contribution in [3.8, 4) is 0 Å². The lowest BCUT2D eigenvalue weighted by Crippen LogP contribution is -2.42. The first-order chi connectivity index (χ1) is 10.2. The molecule has 2 aromatic rings. The van der Waals surface area contributed by atoms with Crippen LogP contribution in [0.2, 0.25) is 0 Å². The van der Waals surface area contributed by atoms with Gasteiger partial charge >= 0.3 is 0 Å². The van der Waals surface area contributed by atoms with E-state index in [1.54, 1.807) is 6.08 Å². The van der Waals surface area contributed by atoms with E-state index in [-0.39, 0.29) is 12.5 Å². The summed E-state index contributed by atoms with van der Waals surface area (Å²) in [6, 6.07) is 13.5. The molecule has 108 valence electrons. The lowest BCUT2D eigenvalue weighted by atomic mass is 9.91. The van der Waals surface area contributed by atoms with E-state index in [0.29, 0.717) is 12.0 Å². The fourth-order valence-corrected chi connectivity index (χ4v) is 2.81. The summed E-state index contributed by atoms with van der Waals surface area (Å²) >= 11 is 0. The molecule has 3 rings (SSSR count). The highest BCUT2D eigenvalue weighted by molar-refractivity contribution is 6.07. The summed E-state index contributed by atoms with van der Waals surface area (Å²) < 4.78 is 0. The lowest BCUT2D eigenvalue weighted by molar-refractivity contribution is 0.0661. The van der Waals surface area contributed by atoms with Gasteiger partial charge in [-0.3, -0.25) is 4.79 Å².